The largest absolute Gasteiger partial charge is 0.310 e. The van der Waals surface area contributed by atoms with E-state index in [9.17, 15) is 0 Å². The lowest BCUT2D eigenvalue weighted by Crippen LogP contribution is -2.38. The second-order valence-corrected chi connectivity index (χ2v) is 8.02. The molecule has 1 nitrogen and oxygen atoms in total. The second-order valence-electron chi connectivity index (χ2n) is 6.77. The predicted molar refractivity (Wildman–Crippen MR) is 86.8 cm³/mol. The van der Waals surface area contributed by atoms with E-state index < -0.39 is 0 Å². The summed E-state index contributed by atoms with van der Waals surface area (Å²) in [5, 5.41) is 3.87. The molecule has 1 aromatic carbocycles. The van der Waals surface area contributed by atoms with Crippen molar-refractivity contribution in [3.8, 4) is 0 Å². The fraction of sp³-hybridized carbons (Fsp3) is 0.647. The van der Waals surface area contributed by atoms with Crippen LogP contribution < -0.4 is 5.32 Å². The minimum absolute atomic E-state index is 0.808. The van der Waals surface area contributed by atoms with Crippen LogP contribution in [0.2, 0.25) is 0 Å². The van der Waals surface area contributed by atoms with Gasteiger partial charge in [0.25, 0.3) is 0 Å². The number of hydrogen-bond donors (Lipinski definition) is 1. The lowest BCUT2D eigenvalue weighted by Gasteiger charge is -2.32. The molecule has 1 N–H and O–H groups in total. The quantitative estimate of drug-likeness (QED) is 0.790. The van der Waals surface area contributed by atoms with Crippen molar-refractivity contribution in [2.24, 2.45) is 23.7 Å². The molecule has 0 amide bonds. The van der Waals surface area contributed by atoms with Crippen LogP contribution in [0.1, 0.15) is 37.7 Å². The molecule has 0 saturated heterocycles. The topological polar surface area (TPSA) is 12.0 Å². The Balaban J connectivity index is 1.40. The third-order valence-electron chi connectivity index (χ3n) is 5.89. The number of fused-ring (bicyclic) bond motifs is 5. The normalized spacial score (nSPS) is 39.7. The molecule has 0 aliphatic heterocycles. The molecule has 0 heterocycles. The Bertz CT molecular complexity index is 472. The van der Waals surface area contributed by atoms with E-state index in [1.807, 2.05) is 0 Å². The predicted octanol–water partition coefficient (Wildman–Crippen LogP) is 4.21. The summed E-state index contributed by atoms with van der Waals surface area (Å²) in [6.45, 7) is 1.06. The standard InChI is InChI=1S/C17H22IN/c18-13-4-1-3-11(7-13)10-19-17-9-12-8-16(17)15-6-2-5-14(12)15/h1,3-4,7,12,14-17,19H,2,5-6,8-10H2. The maximum absolute atomic E-state index is 3.87. The lowest BCUT2D eigenvalue weighted by atomic mass is 9.79. The van der Waals surface area contributed by atoms with E-state index in [0.29, 0.717) is 0 Å². The Morgan fingerprint density at radius 2 is 2.00 bits per heavy atom. The molecule has 0 aromatic heterocycles. The molecule has 3 aliphatic carbocycles. The molecule has 2 bridgehead atoms. The molecule has 0 spiro atoms. The Morgan fingerprint density at radius 1 is 1.11 bits per heavy atom. The number of rotatable bonds is 3. The molecule has 2 heteroatoms. The van der Waals surface area contributed by atoms with E-state index in [0.717, 1.165) is 36.3 Å². The number of benzene rings is 1. The van der Waals surface area contributed by atoms with Crippen LogP contribution in [-0.2, 0) is 6.54 Å². The van der Waals surface area contributed by atoms with E-state index >= 15 is 0 Å². The van der Waals surface area contributed by atoms with Gasteiger partial charge in [-0.2, -0.15) is 0 Å². The summed E-state index contributed by atoms with van der Waals surface area (Å²) in [7, 11) is 0. The number of halogens is 1. The Labute approximate surface area is 129 Å². The Hall–Kier alpha value is -0.0900. The van der Waals surface area contributed by atoms with Gasteiger partial charge in [-0.25, -0.2) is 0 Å². The van der Waals surface area contributed by atoms with Gasteiger partial charge in [-0.3, -0.25) is 0 Å². The van der Waals surface area contributed by atoms with Crippen LogP contribution in [0.15, 0.2) is 24.3 Å². The third-order valence-corrected chi connectivity index (χ3v) is 6.56. The Morgan fingerprint density at radius 3 is 2.89 bits per heavy atom. The highest BCUT2D eigenvalue weighted by Gasteiger charge is 2.53. The van der Waals surface area contributed by atoms with Gasteiger partial charge in [0.05, 0.1) is 0 Å². The molecule has 5 unspecified atom stereocenters. The van der Waals surface area contributed by atoms with E-state index in [1.165, 1.54) is 41.2 Å². The summed E-state index contributed by atoms with van der Waals surface area (Å²) >= 11 is 2.40. The summed E-state index contributed by atoms with van der Waals surface area (Å²) in [6, 6.07) is 9.71. The monoisotopic (exact) mass is 367 g/mol. The van der Waals surface area contributed by atoms with Crippen LogP contribution in [0.5, 0.6) is 0 Å². The fourth-order valence-electron chi connectivity index (χ4n) is 5.20. The molecule has 102 valence electrons. The summed E-state index contributed by atoms with van der Waals surface area (Å²) in [5.74, 6) is 4.25. The highest BCUT2D eigenvalue weighted by Crippen LogP contribution is 2.58. The molecule has 3 aliphatic rings. The first kappa shape index (κ1) is 12.6. The zero-order valence-corrected chi connectivity index (χ0v) is 13.5. The molecule has 19 heavy (non-hydrogen) atoms. The van der Waals surface area contributed by atoms with E-state index in [4.69, 9.17) is 0 Å². The Kier molecular flexibility index (Phi) is 3.34. The summed E-state index contributed by atoms with van der Waals surface area (Å²) < 4.78 is 1.35. The van der Waals surface area contributed by atoms with Gasteiger partial charge in [0.2, 0.25) is 0 Å². The van der Waals surface area contributed by atoms with Crippen LogP contribution >= 0.6 is 22.6 Å². The highest BCUT2D eigenvalue weighted by molar-refractivity contribution is 14.1. The number of nitrogens with one attached hydrogen (secondary N) is 1. The molecule has 3 saturated carbocycles. The zero-order chi connectivity index (χ0) is 12.8. The first-order chi connectivity index (χ1) is 9.31. The van der Waals surface area contributed by atoms with Crippen LogP contribution in [0.25, 0.3) is 0 Å². The summed E-state index contributed by atoms with van der Waals surface area (Å²) in [4.78, 5) is 0. The maximum atomic E-state index is 3.87. The van der Waals surface area contributed by atoms with Crippen molar-refractivity contribution < 1.29 is 0 Å². The molecular formula is C17H22IN. The van der Waals surface area contributed by atoms with Crippen LogP contribution in [0.3, 0.4) is 0 Å². The molecule has 4 rings (SSSR count). The summed E-state index contributed by atoms with van der Waals surface area (Å²) in [5.41, 5.74) is 1.44. The average molecular weight is 367 g/mol. The van der Waals surface area contributed by atoms with Crippen LogP contribution in [-0.4, -0.2) is 6.04 Å². The first-order valence-corrected chi connectivity index (χ1v) is 8.87. The van der Waals surface area contributed by atoms with Crippen molar-refractivity contribution in [1.82, 2.24) is 5.32 Å². The first-order valence-electron chi connectivity index (χ1n) is 7.79. The molecule has 0 radical (unpaired) electrons. The van der Waals surface area contributed by atoms with Crippen molar-refractivity contribution in [1.29, 1.82) is 0 Å². The van der Waals surface area contributed by atoms with Gasteiger partial charge in [0.15, 0.2) is 0 Å². The van der Waals surface area contributed by atoms with Gasteiger partial charge in [0.1, 0.15) is 0 Å². The minimum atomic E-state index is 0.808. The molecule has 5 atom stereocenters. The maximum Gasteiger partial charge on any atom is 0.0208 e. The smallest absolute Gasteiger partial charge is 0.0208 e. The van der Waals surface area contributed by atoms with E-state index in [2.05, 4.69) is 52.2 Å². The zero-order valence-electron chi connectivity index (χ0n) is 11.3. The van der Waals surface area contributed by atoms with Gasteiger partial charge in [-0.05, 0) is 89.6 Å². The van der Waals surface area contributed by atoms with Crippen molar-refractivity contribution in [2.45, 2.75) is 44.7 Å². The highest BCUT2D eigenvalue weighted by atomic mass is 127. The lowest BCUT2D eigenvalue weighted by molar-refractivity contribution is 0.208. The van der Waals surface area contributed by atoms with Crippen LogP contribution in [0.4, 0.5) is 0 Å². The molecule has 3 fully saturated rings. The molecule has 1 aromatic rings. The van der Waals surface area contributed by atoms with Gasteiger partial charge in [0, 0.05) is 16.2 Å². The SMILES string of the molecule is Ic1cccc(CNC2CC3CC2C2CCCC32)c1. The minimum Gasteiger partial charge on any atom is -0.310 e. The van der Waals surface area contributed by atoms with E-state index in [1.54, 1.807) is 0 Å². The van der Waals surface area contributed by atoms with Crippen molar-refractivity contribution in [3.05, 3.63) is 33.4 Å². The van der Waals surface area contributed by atoms with Crippen molar-refractivity contribution in [2.75, 3.05) is 0 Å². The van der Waals surface area contributed by atoms with Crippen molar-refractivity contribution >= 4 is 22.6 Å². The van der Waals surface area contributed by atoms with Gasteiger partial charge >= 0.3 is 0 Å². The fourth-order valence-corrected chi connectivity index (χ4v) is 5.81. The number of hydrogen-bond acceptors (Lipinski definition) is 1. The average Bonchev–Trinajstić information content (AvgIpc) is 3.08. The van der Waals surface area contributed by atoms with Gasteiger partial charge < -0.3 is 5.32 Å². The van der Waals surface area contributed by atoms with E-state index in [-0.39, 0.29) is 0 Å². The second kappa shape index (κ2) is 5.03. The van der Waals surface area contributed by atoms with Gasteiger partial charge in [-0.1, -0.05) is 18.6 Å². The van der Waals surface area contributed by atoms with Crippen molar-refractivity contribution in [3.63, 3.8) is 0 Å². The third kappa shape index (κ3) is 2.25. The summed E-state index contributed by atoms with van der Waals surface area (Å²) in [6.07, 6.45) is 7.55. The van der Waals surface area contributed by atoms with Gasteiger partial charge in [-0.15, -0.1) is 0 Å². The molecular weight excluding hydrogens is 345 g/mol. The van der Waals surface area contributed by atoms with Crippen LogP contribution in [0, 0.1) is 27.2 Å².